The lowest BCUT2D eigenvalue weighted by molar-refractivity contribution is -0.141. The summed E-state index contributed by atoms with van der Waals surface area (Å²) in [7, 11) is 3.00. The Hall–Kier alpha value is -3.69. The summed E-state index contributed by atoms with van der Waals surface area (Å²) in [5.74, 6) is 0.351. The molecule has 162 valence electrons. The van der Waals surface area contributed by atoms with Gasteiger partial charge in [-0.2, -0.15) is 0 Å². The molecule has 0 saturated carbocycles. The van der Waals surface area contributed by atoms with E-state index in [1.54, 1.807) is 14.0 Å². The number of nitrogens with one attached hydrogen (secondary N) is 2. The van der Waals surface area contributed by atoms with Gasteiger partial charge >= 0.3 is 5.69 Å². The number of oxime groups is 1. The monoisotopic (exact) mass is 424 g/mol. The van der Waals surface area contributed by atoms with Gasteiger partial charge < -0.3 is 15.1 Å². The third-order valence-corrected chi connectivity index (χ3v) is 5.47. The first-order valence-corrected chi connectivity index (χ1v) is 10.0. The zero-order chi connectivity index (χ0) is 22.2. The highest BCUT2D eigenvalue weighted by atomic mass is 16.7. The van der Waals surface area contributed by atoms with E-state index in [0.29, 0.717) is 42.8 Å². The van der Waals surface area contributed by atoms with Crippen molar-refractivity contribution in [3.8, 4) is 0 Å². The van der Waals surface area contributed by atoms with Crippen molar-refractivity contribution in [2.45, 2.75) is 31.8 Å². The highest BCUT2D eigenvalue weighted by Crippen LogP contribution is 2.26. The normalized spacial score (nSPS) is 18.1. The summed E-state index contributed by atoms with van der Waals surface area (Å²) in [6.07, 6.45) is 1.50. The van der Waals surface area contributed by atoms with Gasteiger partial charge in [-0.15, -0.1) is 0 Å². The maximum Gasteiger partial charge on any atom is 0.332 e. The molecule has 3 heterocycles. The lowest BCUT2D eigenvalue weighted by Gasteiger charge is -2.20. The highest BCUT2D eigenvalue weighted by molar-refractivity contribution is 6.05. The third kappa shape index (κ3) is 3.76. The summed E-state index contributed by atoms with van der Waals surface area (Å²) < 4.78 is 2.37. The minimum absolute atomic E-state index is 0.233. The van der Waals surface area contributed by atoms with Crippen LogP contribution >= 0.6 is 0 Å². The number of imidazole rings is 1. The number of fused-ring (bicyclic) bond motifs is 1. The fraction of sp³-hybridized carbons (Fsp3) is 0.381. The van der Waals surface area contributed by atoms with Crippen LogP contribution in [0.15, 0.2) is 45.1 Å². The number of hydrogen-bond donors (Lipinski definition) is 2. The summed E-state index contributed by atoms with van der Waals surface area (Å²) in [6.45, 7) is 2.13. The number of aromatic amines is 1. The molecule has 0 saturated heterocycles. The van der Waals surface area contributed by atoms with Crippen LogP contribution in [0.1, 0.15) is 31.2 Å². The van der Waals surface area contributed by atoms with Crippen LogP contribution in [0.5, 0.6) is 0 Å². The predicted molar refractivity (Wildman–Crippen MR) is 115 cm³/mol. The molecule has 1 amide bonds. The van der Waals surface area contributed by atoms with Gasteiger partial charge in [0.1, 0.15) is 11.3 Å². The maximum atomic E-state index is 12.6. The largest absolute Gasteiger partial charge is 0.379 e. The van der Waals surface area contributed by atoms with E-state index in [4.69, 9.17) is 4.84 Å². The number of hydrogen-bond acceptors (Lipinski definition) is 6. The molecule has 0 radical (unpaired) electrons. The molecular formula is C21H24N6O4. The van der Waals surface area contributed by atoms with E-state index >= 15 is 0 Å². The van der Waals surface area contributed by atoms with Crippen molar-refractivity contribution in [1.82, 2.24) is 24.4 Å². The summed E-state index contributed by atoms with van der Waals surface area (Å²) in [6, 6.07) is 9.62. The van der Waals surface area contributed by atoms with E-state index in [2.05, 4.69) is 20.4 Å². The van der Waals surface area contributed by atoms with Crippen LogP contribution < -0.4 is 16.6 Å². The van der Waals surface area contributed by atoms with Crippen LogP contribution in [0.2, 0.25) is 0 Å². The molecular weight excluding hydrogens is 400 g/mol. The lowest BCUT2D eigenvalue weighted by Crippen LogP contribution is -2.45. The smallest absolute Gasteiger partial charge is 0.332 e. The van der Waals surface area contributed by atoms with Gasteiger partial charge in [0.25, 0.3) is 11.5 Å². The van der Waals surface area contributed by atoms with Gasteiger partial charge in [-0.25, -0.2) is 9.78 Å². The van der Waals surface area contributed by atoms with Gasteiger partial charge in [-0.1, -0.05) is 35.5 Å². The average Bonchev–Trinajstić information content (AvgIpc) is 3.39. The van der Waals surface area contributed by atoms with Gasteiger partial charge in [0.15, 0.2) is 5.65 Å². The van der Waals surface area contributed by atoms with Crippen molar-refractivity contribution in [3.63, 3.8) is 0 Å². The SMILES string of the molecule is Cn1c(=O)c2[nH]c(CCCNC(=O)C3(C)CC(c4ccccc4)=NO3)nc2n(C)c1=O. The maximum absolute atomic E-state index is 12.6. The van der Waals surface area contributed by atoms with E-state index in [0.717, 1.165) is 15.8 Å². The number of aromatic nitrogens is 4. The van der Waals surface area contributed by atoms with Crippen molar-refractivity contribution in [2.75, 3.05) is 6.54 Å². The molecule has 0 spiro atoms. The molecule has 10 nitrogen and oxygen atoms in total. The second kappa shape index (κ2) is 7.86. The molecule has 1 aliphatic heterocycles. The summed E-state index contributed by atoms with van der Waals surface area (Å²) in [4.78, 5) is 49.7. The van der Waals surface area contributed by atoms with E-state index in [1.165, 1.54) is 11.6 Å². The number of rotatable bonds is 6. The van der Waals surface area contributed by atoms with Crippen molar-refractivity contribution in [3.05, 3.63) is 62.6 Å². The summed E-state index contributed by atoms with van der Waals surface area (Å²) in [5.41, 5.74) is 0.410. The quantitative estimate of drug-likeness (QED) is 0.561. The Morgan fingerprint density at radius 1 is 1.23 bits per heavy atom. The van der Waals surface area contributed by atoms with Crippen molar-refractivity contribution in [2.24, 2.45) is 19.3 Å². The molecule has 2 aromatic heterocycles. The molecule has 1 aromatic carbocycles. The van der Waals surface area contributed by atoms with Gasteiger partial charge in [0, 0.05) is 33.5 Å². The number of aryl methyl sites for hydroxylation is 2. The molecule has 2 N–H and O–H groups in total. The molecule has 3 aromatic rings. The Morgan fingerprint density at radius 2 is 1.97 bits per heavy atom. The lowest BCUT2D eigenvalue weighted by atomic mass is 9.95. The number of carbonyl (C=O) groups excluding carboxylic acids is 1. The Labute approximate surface area is 177 Å². The first-order valence-electron chi connectivity index (χ1n) is 10.0. The predicted octanol–water partition coefficient (Wildman–Crippen LogP) is 0.592. The van der Waals surface area contributed by atoms with Crippen LogP contribution in [0, 0.1) is 0 Å². The minimum Gasteiger partial charge on any atom is -0.379 e. The van der Waals surface area contributed by atoms with Crippen molar-refractivity contribution in [1.29, 1.82) is 0 Å². The van der Waals surface area contributed by atoms with Crippen LogP contribution in [-0.2, 0) is 30.1 Å². The molecule has 31 heavy (non-hydrogen) atoms. The molecule has 1 aliphatic rings. The van der Waals surface area contributed by atoms with E-state index in [9.17, 15) is 14.4 Å². The third-order valence-electron chi connectivity index (χ3n) is 5.47. The number of benzene rings is 1. The molecule has 10 heteroatoms. The van der Waals surface area contributed by atoms with Gasteiger partial charge in [-0.3, -0.25) is 18.7 Å². The second-order valence-electron chi connectivity index (χ2n) is 7.85. The topological polar surface area (TPSA) is 123 Å². The Kier molecular flexibility index (Phi) is 5.22. The van der Waals surface area contributed by atoms with Crippen LogP contribution in [0.3, 0.4) is 0 Å². The molecule has 0 aliphatic carbocycles. The Bertz CT molecular complexity index is 1290. The number of H-pyrrole nitrogens is 1. The minimum atomic E-state index is -1.05. The molecule has 0 bridgehead atoms. The fourth-order valence-electron chi connectivity index (χ4n) is 3.58. The van der Waals surface area contributed by atoms with Crippen LogP contribution in [-0.4, -0.2) is 42.9 Å². The average molecular weight is 424 g/mol. The van der Waals surface area contributed by atoms with E-state index in [1.807, 2.05) is 30.3 Å². The summed E-state index contributed by atoms with van der Waals surface area (Å²) in [5, 5.41) is 6.97. The van der Waals surface area contributed by atoms with E-state index in [-0.39, 0.29) is 5.91 Å². The van der Waals surface area contributed by atoms with Gasteiger partial charge in [-0.05, 0) is 18.9 Å². The summed E-state index contributed by atoms with van der Waals surface area (Å²) >= 11 is 0. The molecule has 1 unspecified atom stereocenters. The zero-order valence-corrected chi connectivity index (χ0v) is 17.6. The standard InChI is InChI=1S/C21H24N6O4/c1-21(12-14(25-31-21)13-8-5-4-6-9-13)19(29)22-11-7-10-15-23-16-17(24-15)26(2)20(30)27(3)18(16)28/h4-6,8-9H,7,10-12H2,1-3H3,(H,22,29)(H,23,24). The van der Waals surface area contributed by atoms with Crippen molar-refractivity contribution >= 4 is 22.8 Å². The number of carbonyl (C=O) groups is 1. The molecule has 0 fully saturated rings. The first-order chi connectivity index (χ1) is 14.8. The zero-order valence-electron chi connectivity index (χ0n) is 17.6. The highest BCUT2D eigenvalue weighted by Gasteiger charge is 2.41. The van der Waals surface area contributed by atoms with Crippen LogP contribution in [0.25, 0.3) is 11.2 Å². The van der Waals surface area contributed by atoms with Gasteiger partial charge in [0.05, 0.1) is 5.71 Å². The molecule has 4 rings (SSSR count). The Morgan fingerprint density at radius 3 is 2.71 bits per heavy atom. The fourth-order valence-corrected chi connectivity index (χ4v) is 3.58. The van der Waals surface area contributed by atoms with Crippen LogP contribution in [0.4, 0.5) is 0 Å². The first kappa shape index (κ1) is 20.6. The van der Waals surface area contributed by atoms with Crippen molar-refractivity contribution < 1.29 is 9.63 Å². The number of nitrogens with zero attached hydrogens (tertiary/aromatic N) is 4. The number of amides is 1. The van der Waals surface area contributed by atoms with E-state index < -0.39 is 16.9 Å². The van der Waals surface area contributed by atoms with Gasteiger partial charge in [0.2, 0.25) is 5.60 Å². The second-order valence-corrected chi connectivity index (χ2v) is 7.85. The molecule has 1 atom stereocenters. The Balaban J connectivity index is 1.34.